The molecule has 0 radical (unpaired) electrons. The standard InChI is InChI=1S/C27H30N4O3/c1-4-33-25(32)12-14-30-13-11-22-21(17-30)6-5-7-23(22)26-28-27(34-29-26)20-8-9-24-19(16-20)10-15-31(24)18(2)3/h5-10,15-16,18H,4,11-14,17H2,1-3H3. The van der Waals surface area contributed by atoms with Crippen molar-refractivity contribution < 1.29 is 14.1 Å². The van der Waals surface area contributed by atoms with E-state index in [0.29, 0.717) is 37.3 Å². The molecular weight excluding hydrogens is 428 g/mol. The van der Waals surface area contributed by atoms with Crippen molar-refractivity contribution in [3.63, 3.8) is 0 Å². The van der Waals surface area contributed by atoms with Gasteiger partial charge in [0.1, 0.15) is 0 Å². The zero-order valence-electron chi connectivity index (χ0n) is 20.0. The SMILES string of the molecule is CCOC(=O)CCN1CCc2c(cccc2-c2noc(-c3ccc4c(ccn4C(C)C)c3)n2)C1. The maximum Gasteiger partial charge on any atom is 0.307 e. The van der Waals surface area contributed by atoms with Gasteiger partial charge in [-0.3, -0.25) is 9.69 Å². The van der Waals surface area contributed by atoms with Gasteiger partial charge in [-0.25, -0.2) is 0 Å². The lowest BCUT2D eigenvalue weighted by molar-refractivity contribution is -0.143. The number of fused-ring (bicyclic) bond motifs is 2. The first-order chi connectivity index (χ1) is 16.5. The fourth-order valence-corrected chi connectivity index (χ4v) is 4.75. The summed E-state index contributed by atoms with van der Waals surface area (Å²) in [7, 11) is 0. The number of hydrogen-bond donors (Lipinski definition) is 0. The topological polar surface area (TPSA) is 73.4 Å². The Bertz CT molecular complexity index is 1320. The second kappa shape index (κ2) is 9.43. The van der Waals surface area contributed by atoms with Gasteiger partial charge < -0.3 is 13.8 Å². The Kier molecular flexibility index (Phi) is 6.20. The molecule has 1 aliphatic rings. The van der Waals surface area contributed by atoms with Crippen LogP contribution in [0.1, 0.15) is 44.4 Å². The lowest BCUT2D eigenvalue weighted by Gasteiger charge is -2.29. The molecule has 0 aliphatic carbocycles. The van der Waals surface area contributed by atoms with E-state index in [4.69, 9.17) is 14.2 Å². The third-order valence-electron chi connectivity index (χ3n) is 6.47. The Balaban J connectivity index is 1.36. The number of hydrogen-bond acceptors (Lipinski definition) is 6. The van der Waals surface area contributed by atoms with Crippen LogP contribution in [-0.2, 0) is 22.5 Å². The van der Waals surface area contributed by atoms with Gasteiger partial charge in [0.05, 0.1) is 13.0 Å². The molecule has 0 spiro atoms. The van der Waals surface area contributed by atoms with Crippen molar-refractivity contribution in [2.75, 3.05) is 19.7 Å². The van der Waals surface area contributed by atoms with Crippen LogP contribution in [0.4, 0.5) is 0 Å². The van der Waals surface area contributed by atoms with Gasteiger partial charge in [0, 0.05) is 53.9 Å². The first-order valence-electron chi connectivity index (χ1n) is 12.0. The van der Waals surface area contributed by atoms with Crippen LogP contribution in [-0.4, -0.2) is 45.3 Å². The Morgan fingerprint density at radius 2 is 2.09 bits per heavy atom. The third-order valence-corrected chi connectivity index (χ3v) is 6.47. The number of ether oxygens (including phenoxy) is 1. The molecule has 0 fully saturated rings. The molecule has 5 rings (SSSR count). The molecule has 1 aliphatic heterocycles. The second-order valence-electron chi connectivity index (χ2n) is 9.04. The van der Waals surface area contributed by atoms with Crippen molar-refractivity contribution in [1.29, 1.82) is 0 Å². The van der Waals surface area contributed by atoms with E-state index in [1.165, 1.54) is 16.6 Å². The molecule has 0 N–H and O–H groups in total. The minimum Gasteiger partial charge on any atom is -0.466 e. The highest BCUT2D eigenvalue weighted by atomic mass is 16.5. The number of nitrogens with zero attached hydrogens (tertiary/aromatic N) is 4. The van der Waals surface area contributed by atoms with Crippen molar-refractivity contribution in [2.24, 2.45) is 0 Å². The molecular formula is C27H30N4O3. The highest BCUT2D eigenvalue weighted by Gasteiger charge is 2.22. The highest BCUT2D eigenvalue weighted by Crippen LogP contribution is 2.31. The van der Waals surface area contributed by atoms with Crippen LogP contribution in [0.25, 0.3) is 33.7 Å². The van der Waals surface area contributed by atoms with E-state index < -0.39 is 0 Å². The van der Waals surface area contributed by atoms with Crippen molar-refractivity contribution in [1.82, 2.24) is 19.6 Å². The molecule has 176 valence electrons. The molecule has 0 saturated carbocycles. The summed E-state index contributed by atoms with van der Waals surface area (Å²) in [4.78, 5) is 18.8. The molecule has 7 heteroatoms. The van der Waals surface area contributed by atoms with Crippen molar-refractivity contribution in [3.8, 4) is 22.8 Å². The maximum absolute atomic E-state index is 11.7. The summed E-state index contributed by atoms with van der Waals surface area (Å²) in [6.45, 7) is 9.01. The first-order valence-corrected chi connectivity index (χ1v) is 12.0. The Labute approximate surface area is 199 Å². The average Bonchev–Trinajstić information content (AvgIpc) is 3.49. The van der Waals surface area contributed by atoms with Crippen molar-refractivity contribution in [3.05, 3.63) is 59.8 Å². The zero-order chi connectivity index (χ0) is 23.7. The molecule has 0 unspecified atom stereocenters. The smallest absolute Gasteiger partial charge is 0.307 e. The van der Waals surface area contributed by atoms with Gasteiger partial charge in [-0.1, -0.05) is 23.4 Å². The molecule has 4 aromatic rings. The molecule has 0 atom stereocenters. The summed E-state index contributed by atoms with van der Waals surface area (Å²) in [5.74, 6) is 1.01. The molecule has 3 heterocycles. The Hall–Kier alpha value is -3.45. The van der Waals surface area contributed by atoms with Gasteiger partial charge in [-0.05, 0) is 62.6 Å². The van der Waals surface area contributed by atoms with Crippen LogP contribution in [0.2, 0.25) is 0 Å². The van der Waals surface area contributed by atoms with Crippen molar-refractivity contribution >= 4 is 16.9 Å². The van der Waals surface area contributed by atoms with Crippen LogP contribution in [0.3, 0.4) is 0 Å². The Morgan fingerprint density at radius 3 is 2.91 bits per heavy atom. The van der Waals surface area contributed by atoms with Crippen molar-refractivity contribution in [2.45, 2.75) is 46.2 Å². The van der Waals surface area contributed by atoms with Crippen LogP contribution in [0.5, 0.6) is 0 Å². The minimum atomic E-state index is -0.139. The monoisotopic (exact) mass is 458 g/mol. The van der Waals surface area contributed by atoms with Crippen LogP contribution in [0.15, 0.2) is 53.2 Å². The van der Waals surface area contributed by atoms with E-state index in [2.05, 4.69) is 65.0 Å². The molecule has 7 nitrogen and oxygen atoms in total. The van der Waals surface area contributed by atoms with Crippen LogP contribution < -0.4 is 0 Å². The number of aromatic nitrogens is 3. The fourth-order valence-electron chi connectivity index (χ4n) is 4.75. The highest BCUT2D eigenvalue weighted by molar-refractivity contribution is 5.84. The molecule has 34 heavy (non-hydrogen) atoms. The lowest BCUT2D eigenvalue weighted by atomic mass is 9.94. The minimum absolute atomic E-state index is 0.139. The van der Waals surface area contributed by atoms with E-state index in [9.17, 15) is 4.79 Å². The first kappa shape index (κ1) is 22.3. The van der Waals surface area contributed by atoms with Gasteiger partial charge in [0.15, 0.2) is 0 Å². The summed E-state index contributed by atoms with van der Waals surface area (Å²) in [5, 5.41) is 5.48. The third kappa shape index (κ3) is 4.35. The Morgan fingerprint density at radius 1 is 1.21 bits per heavy atom. The van der Waals surface area contributed by atoms with Gasteiger partial charge in [0.25, 0.3) is 5.89 Å². The van der Waals surface area contributed by atoms with Gasteiger partial charge >= 0.3 is 5.97 Å². The van der Waals surface area contributed by atoms with E-state index in [1.54, 1.807) is 0 Å². The lowest BCUT2D eigenvalue weighted by Crippen LogP contribution is -2.32. The van der Waals surface area contributed by atoms with E-state index in [1.807, 2.05) is 19.1 Å². The van der Waals surface area contributed by atoms with E-state index in [-0.39, 0.29) is 5.97 Å². The number of benzene rings is 2. The van der Waals surface area contributed by atoms with Crippen LogP contribution >= 0.6 is 0 Å². The number of carbonyl (C=O) groups excluding carboxylic acids is 1. The molecule has 0 bridgehead atoms. The predicted octanol–water partition coefficient (Wildman–Crippen LogP) is 5.25. The maximum atomic E-state index is 11.7. The molecule has 2 aromatic heterocycles. The van der Waals surface area contributed by atoms with Gasteiger partial charge in [-0.2, -0.15) is 4.98 Å². The quantitative estimate of drug-likeness (QED) is 0.352. The average molecular weight is 459 g/mol. The number of carbonyl (C=O) groups is 1. The predicted molar refractivity (Wildman–Crippen MR) is 131 cm³/mol. The molecule has 0 saturated heterocycles. The summed E-state index contributed by atoms with van der Waals surface area (Å²) in [6, 6.07) is 15.0. The second-order valence-corrected chi connectivity index (χ2v) is 9.04. The molecule has 0 amide bonds. The molecule has 2 aromatic carbocycles. The summed E-state index contributed by atoms with van der Waals surface area (Å²) in [6.07, 6.45) is 3.42. The van der Waals surface area contributed by atoms with E-state index >= 15 is 0 Å². The largest absolute Gasteiger partial charge is 0.466 e. The summed E-state index contributed by atoms with van der Waals surface area (Å²) >= 11 is 0. The number of rotatable bonds is 7. The summed E-state index contributed by atoms with van der Waals surface area (Å²) < 4.78 is 13.0. The van der Waals surface area contributed by atoms with Crippen LogP contribution in [0, 0.1) is 0 Å². The fraction of sp³-hybridized carbons (Fsp3) is 0.370. The van der Waals surface area contributed by atoms with Gasteiger partial charge in [-0.15, -0.1) is 0 Å². The normalized spacial score (nSPS) is 14.0. The number of esters is 1. The van der Waals surface area contributed by atoms with Gasteiger partial charge in [0.2, 0.25) is 5.82 Å². The van der Waals surface area contributed by atoms with E-state index in [0.717, 1.165) is 36.0 Å². The zero-order valence-corrected chi connectivity index (χ0v) is 20.0. The summed E-state index contributed by atoms with van der Waals surface area (Å²) in [5.41, 5.74) is 5.64.